The van der Waals surface area contributed by atoms with Crippen LogP contribution in [-0.4, -0.2) is 24.1 Å². The fraction of sp³-hybridized carbons (Fsp3) is 0.462. The van der Waals surface area contributed by atoms with E-state index in [0.717, 1.165) is 30.8 Å². The number of aliphatic hydroxyl groups excluding tert-OH is 1. The number of hydrogen-bond acceptors (Lipinski definition) is 3. The maximum absolute atomic E-state index is 11.7. The summed E-state index contributed by atoms with van der Waals surface area (Å²) in [6.45, 7) is 1.99. The molecule has 4 nitrogen and oxygen atoms in total. The molecule has 17 heavy (non-hydrogen) atoms. The van der Waals surface area contributed by atoms with Gasteiger partial charge in [-0.15, -0.1) is 0 Å². The van der Waals surface area contributed by atoms with Crippen molar-refractivity contribution in [2.75, 3.05) is 18.4 Å². The number of aliphatic hydroxyl groups is 1. The van der Waals surface area contributed by atoms with Crippen molar-refractivity contribution in [3.63, 3.8) is 0 Å². The van der Waals surface area contributed by atoms with Crippen LogP contribution in [0.4, 0.5) is 5.69 Å². The van der Waals surface area contributed by atoms with Gasteiger partial charge < -0.3 is 15.7 Å². The summed E-state index contributed by atoms with van der Waals surface area (Å²) in [5.74, 6) is 0.530. The van der Waals surface area contributed by atoms with E-state index in [0.29, 0.717) is 12.3 Å². The Labute approximate surface area is 101 Å². The second kappa shape index (κ2) is 5.80. The first-order valence-corrected chi connectivity index (χ1v) is 5.98. The normalized spacial score (nSPS) is 19.2. The summed E-state index contributed by atoms with van der Waals surface area (Å²) in [5.41, 5.74) is 1.64. The van der Waals surface area contributed by atoms with Crippen molar-refractivity contribution in [3.05, 3.63) is 29.8 Å². The lowest BCUT2D eigenvalue weighted by Crippen LogP contribution is -2.18. The van der Waals surface area contributed by atoms with E-state index in [-0.39, 0.29) is 12.5 Å². The molecule has 92 valence electrons. The topological polar surface area (TPSA) is 61.4 Å². The van der Waals surface area contributed by atoms with Crippen LogP contribution in [0.15, 0.2) is 24.3 Å². The lowest BCUT2D eigenvalue weighted by Gasteiger charge is -2.09. The highest BCUT2D eigenvalue weighted by molar-refractivity contribution is 5.90. The van der Waals surface area contributed by atoms with Crippen LogP contribution in [0.5, 0.6) is 0 Å². The van der Waals surface area contributed by atoms with Crippen LogP contribution in [-0.2, 0) is 11.4 Å². The third-order valence-corrected chi connectivity index (χ3v) is 3.06. The molecule has 0 aromatic heterocycles. The fourth-order valence-corrected chi connectivity index (χ4v) is 2.06. The van der Waals surface area contributed by atoms with Gasteiger partial charge in [-0.25, -0.2) is 0 Å². The molecule has 1 aromatic rings. The maximum Gasteiger partial charge on any atom is 0.224 e. The molecule has 0 radical (unpaired) electrons. The Hall–Kier alpha value is -1.39. The van der Waals surface area contributed by atoms with E-state index >= 15 is 0 Å². The Morgan fingerprint density at radius 3 is 2.76 bits per heavy atom. The number of amides is 1. The van der Waals surface area contributed by atoms with Crippen LogP contribution in [0, 0.1) is 5.92 Å². The molecule has 2 rings (SSSR count). The van der Waals surface area contributed by atoms with Gasteiger partial charge in [0.05, 0.1) is 6.61 Å². The molecule has 1 unspecified atom stereocenters. The molecule has 0 saturated carbocycles. The highest BCUT2D eigenvalue weighted by atomic mass is 16.3. The Balaban J connectivity index is 1.84. The molecular formula is C13H18N2O2. The van der Waals surface area contributed by atoms with E-state index in [2.05, 4.69) is 10.6 Å². The van der Waals surface area contributed by atoms with Gasteiger partial charge in [-0.1, -0.05) is 12.1 Å². The molecule has 0 bridgehead atoms. The molecule has 1 amide bonds. The molecule has 1 aliphatic heterocycles. The molecule has 3 N–H and O–H groups in total. The van der Waals surface area contributed by atoms with E-state index in [1.807, 2.05) is 24.3 Å². The summed E-state index contributed by atoms with van der Waals surface area (Å²) in [6, 6.07) is 7.26. The minimum absolute atomic E-state index is 0.0297. The minimum Gasteiger partial charge on any atom is -0.392 e. The van der Waals surface area contributed by atoms with Crippen molar-refractivity contribution in [1.29, 1.82) is 0 Å². The number of carbonyl (C=O) groups excluding carboxylic acids is 1. The number of nitrogens with one attached hydrogen (secondary N) is 2. The van der Waals surface area contributed by atoms with E-state index in [4.69, 9.17) is 5.11 Å². The lowest BCUT2D eigenvalue weighted by atomic mass is 10.0. The molecule has 1 heterocycles. The highest BCUT2D eigenvalue weighted by Gasteiger charge is 2.17. The third kappa shape index (κ3) is 3.54. The Morgan fingerprint density at radius 1 is 1.41 bits per heavy atom. The summed E-state index contributed by atoms with van der Waals surface area (Å²) < 4.78 is 0. The smallest absolute Gasteiger partial charge is 0.224 e. The van der Waals surface area contributed by atoms with Crippen molar-refractivity contribution in [2.45, 2.75) is 19.4 Å². The van der Waals surface area contributed by atoms with Crippen LogP contribution < -0.4 is 10.6 Å². The zero-order valence-corrected chi connectivity index (χ0v) is 9.78. The van der Waals surface area contributed by atoms with E-state index in [9.17, 15) is 4.79 Å². The molecule has 1 aromatic carbocycles. The molecular weight excluding hydrogens is 216 g/mol. The van der Waals surface area contributed by atoms with Gasteiger partial charge in [-0.05, 0) is 43.1 Å². The Kier molecular flexibility index (Phi) is 4.12. The van der Waals surface area contributed by atoms with Gasteiger partial charge in [-0.2, -0.15) is 0 Å². The van der Waals surface area contributed by atoms with E-state index < -0.39 is 0 Å². The summed E-state index contributed by atoms with van der Waals surface area (Å²) in [6.07, 6.45) is 1.66. The maximum atomic E-state index is 11.7. The average molecular weight is 234 g/mol. The quantitative estimate of drug-likeness (QED) is 0.731. The zero-order valence-electron chi connectivity index (χ0n) is 9.78. The van der Waals surface area contributed by atoms with Gasteiger partial charge >= 0.3 is 0 Å². The molecule has 1 fully saturated rings. The number of rotatable bonds is 4. The zero-order chi connectivity index (χ0) is 12.1. The highest BCUT2D eigenvalue weighted by Crippen LogP contribution is 2.15. The summed E-state index contributed by atoms with van der Waals surface area (Å²) in [7, 11) is 0. The summed E-state index contributed by atoms with van der Waals surface area (Å²) in [5, 5.41) is 15.0. The van der Waals surface area contributed by atoms with Crippen molar-refractivity contribution in [3.8, 4) is 0 Å². The minimum atomic E-state index is 0.0297. The SMILES string of the molecule is O=C(CC1CCNC1)Nc1ccc(CO)cc1. The molecule has 1 saturated heterocycles. The van der Waals surface area contributed by atoms with Crippen LogP contribution in [0.2, 0.25) is 0 Å². The van der Waals surface area contributed by atoms with E-state index in [1.54, 1.807) is 0 Å². The van der Waals surface area contributed by atoms with Gasteiger partial charge in [0, 0.05) is 12.1 Å². The Morgan fingerprint density at radius 2 is 2.18 bits per heavy atom. The van der Waals surface area contributed by atoms with Crippen molar-refractivity contribution in [1.82, 2.24) is 5.32 Å². The van der Waals surface area contributed by atoms with Crippen molar-refractivity contribution in [2.24, 2.45) is 5.92 Å². The first-order chi connectivity index (χ1) is 8.28. The van der Waals surface area contributed by atoms with Crippen LogP contribution >= 0.6 is 0 Å². The molecule has 4 heteroatoms. The van der Waals surface area contributed by atoms with Gasteiger partial charge in [0.2, 0.25) is 5.91 Å². The van der Waals surface area contributed by atoms with Gasteiger partial charge in [0.1, 0.15) is 0 Å². The molecule has 1 aliphatic rings. The number of anilines is 1. The number of benzene rings is 1. The first-order valence-electron chi connectivity index (χ1n) is 5.98. The summed E-state index contributed by atoms with van der Waals surface area (Å²) in [4.78, 5) is 11.7. The fourth-order valence-electron chi connectivity index (χ4n) is 2.06. The van der Waals surface area contributed by atoms with Crippen LogP contribution in [0.1, 0.15) is 18.4 Å². The van der Waals surface area contributed by atoms with Crippen LogP contribution in [0.3, 0.4) is 0 Å². The van der Waals surface area contributed by atoms with Crippen LogP contribution in [0.25, 0.3) is 0 Å². The molecule has 0 spiro atoms. The second-order valence-corrected chi connectivity index (χ2v) is 4.47. The summed E-state index contributed by atoms with van der Waals surface area (Å²) >= 11 is 0. The van der Waals surface area contributed by atoms with Crippen molar-refractivity contribution >= 4 is 11.6 Å². The van der Waals surface area contributed by atoms with Gasteiger partial charge in [0.15, 0.2) is 0 Å². The molecule has 0 aliphatic carbocycles. The molecule has 1 atom stereocenters. The number of hydrogen-bond donors (Lipinski definition) is 3. The number of carbonyl (C=O) groups is 1. The monoisotopic (exact) mass is 234 g/mol. The third-order valence-electron chi connectivity index (χ3n) is 3.06. The predicted molar refractivity (Wildman–Crippen MR) is 66.6 cm³/mol. The van der Waals surface area contributed by atoms with Gasteiger partial charge in [0.25, 0.3) is 0 Å². The van der Waals surface area contributed by atoms with Gasteiger partial charge in [-0.3, -0.25) is 4.79 Å². The predicted octanol–water partition coefficient (Wildman–Crippen LogP) is 1.12. The largest absolute Gasteiger partial charge is 0.392 e. The lowest BCUT2D eigenvalue weighted by molar-refractivity contribution is -0.116. The van der Waals surface area contributed by atoms with E-state index in [1.165, 1.54) is 0 Å². The Bertz CT molecular complexity index is 370. The standard InChI is InChI=1S/C13H18N2O2/c16-9-10-1-3-12(4-2-10)15-13(17)7-11-5-6-14-8-11/h1-4,11,14,16H,5-9H2,(H,15,17). The average Bonchev–Trinajstić information content (AvgIpc) is 2.82. The van der Waals surface area contributed by atoms with Crippen molar-refractivity contribution < 1.29 is 9.90 Å². The first kappa shape index (κ1) is 12.1. The second-order valence-electron chi connectivity index (χ2n) is 4.47.